The number of benzene rings is 4. The van der Waals surface area contributed by atoms with Crippen LogP contribution in [0.15, 0.2) is 60.7 Å². The minimum Gasteiger partial charge on any atom is -0.0622 e. The molecule has 0 aromatic heterocycles. The van der Waals surface area contributed by atoms with Gasteiger partial charge in [0.15, 0.2) is 0 Å². The monoisotopic (exact) mass is 472 g/mol. The van der Waals surface area contributed by atoms with Crippen molar-refractivity contribution in [2.75, 3.05) is 0 Å². The molecule has 0 nitrogen and oxygen atoms in total. The second-order valence-corrected chi connectivity index (χ2v) is 12.3. The molecule has 0 N–H and O–H groups in total. The zero-order valence-electron chi connectivity index (χ0n) is 22.9. The van der Waals surface area contributed by atoms with Crippen LogP contribution in [0.3, 0.4) is 0 Å². The quantitative estimate of drug-likeness (QED) is 0.272. The van der Waals surface area contributed by atoms with Crippen molar-refractivity contribution in [3.63, 3.8) is 0 Å². The molecule has 0 unspecified atom stereocenters. The van der Waals surface area contributed by atoms with Gasteiger partial charge in [-0.2, -0.15) is 0 Å². The zero-order valence-corrected chi connectivity index (χ0v) is 22.9. The summed E-state index contributed by atoms with van der Waals surface area (Å²) in [6, 6.07) is 23.8. The molecule has 0 heteroatoms. The third-order valence-corrected chi connectivity index (χ3v) is 9.15. The predicted molar refractivity (Wildman–Crippen MR) is 157 cm³/mol. The van der Waals surface area contributed by atoms with Crippen LogP contribution in [-0.4, -0.2) is 0 Å². The van der Waals surface area contributed by atoms with Gasteiger partial charge in [0.2, 0.25) is 0 Å². The molecule has 4 aromatic carbocycles. The minimum absolute atomic E-state index is 0.590. The molecule has 0 aliphatic heterocycles. The van der Waals surface area contributed by atoms with Crippen LogP contribution in [0.1, 0.15) is 73.9 Å². The molecule has 0 saturated carbocycles. The summed E-state index contributed by atoms with van der Waals surface area (Å²) in [4.78, 5) is 0. The lowest BCUT2D eigenvalue weighted by molar-refractivity contribution is 0.422. The highest BCUT2D eigenvalue weighted by Crippen LogP contribution is 2.53. The molecule has 0 radical (unpaired) electrons. The summed E-state index contributed by atoms with van der Waals surface area (Å²) in [5.41, 5.74) is 12.3. The van der Waals surface area contributed by atoms with E-state index >= 15 is 0 Å². The van der Waals surface area contributed by atoms with Crippen molar-refractivity contribution in [2.24, 2.45) is 23.7 Å². The number of hydrogen-bond donors (Lipinski definition) is 0. The molecule has 6 rings (SSSR count). The summed E-state index contributed by atoms with van der Waals surface area (Å²) >= 11 is 0. The van der Waals surface area contributed by atoms with Gasteiger partial charge in [-0.05, 0) is 118 Å². The van der Waals surface area contributed by atoms with Gasteiger partial charge in [0.1, 0.15) is 0 Å². The van der Waals surface area contributed by atoms with E-state index in [1.54, 1.807) is 33.4 Å². The number of rotatable bonds is 2. The second kappa shape index (κ2) is 8.91. The highest BCUT2D eigenvalue weighted by molar-refractivity contribution is 6.09. The van der Waals surface area contributed by atoms with E-state index in [0.29, 0.717) is 23.7 Å². The summed E-state index contributed by atoms with van der Waals surface area (Å²) < 4.78 is 0. The average Bonchev–Trinajstić information content (AvgIpc) is 2.86. The van der Waals surface area contributed by atoms with Crippen LogP contribution in [0.4, 0.5) is 0 Å². The van der Waals surface area contributed by atoms with Crippen LogP contribution in [0.2, 0.25) is 0 Å². The Morgan fingerprint density at radius 2 is 0.972 bits per heavy atom. The fourth-order valence-electron chi connectivity index (χ4n) is 7.33. The normalized spacial score (nSPS) is 21.9. The Balaban J connectivity index is 1.79. The molecule has 0 saturated heterocycles. The standard InChI is InChI=1S/C36H40/c1-21(2)29-17-13-25-9-11-27-19-23(5)7-15-31(27)33(25)35(29)36-30(22(3)4)18-14-26-10-12-28-20-24(6)8-16-32(28)34(26)36/h7-12,15-16,19-22,29-30H,13-14,17-18H2,1-6H3/b36-35+/t29-,30-/m1/s1. The first-order valence-electron chi connectivity index (χ1n) is 14.1. The molecule has 2 aliphatic rings. The van der Waals surface area contributed by atoms with Gasteiger partial charge >= 0.3 is 0 Å². The Labute approximate surface area is 217 Å². The molecule has 2 atom stereocenters. The minimum atomic E-state index is 0.590. The molecule has 0 heterocycles. The zero-order chi connectivity index (χ0) is 25.1. The Kier molecular flexibility index (Phi) is 5.83. The molecule has 2 aliphatic carbocycles. The first-order chi connectivity index (χ1) is 17.3. The van der Waals surface area contributed by atoms with Gasteiger partial charge in [0.05, 0.1) is 0 Å². The van der Waals surface area contributed by atoms with Gasteiger partial charge in [-0.1, -0.05) is 99.5 Å². The molecule has 36 heavy (non-hydrogen) atoms. The van der Waals surface area contributed by atoms with E-state index < -0.39 is 0 Å². The lowest BCUT2D eigenvalue weighted by atomic mass is 9.64. The largest absolute Gasteiger partial charge is 0.0622 e. The van der Waals surface area contributed by atoms with Crippen LogP contribution >= 0.6 is 0 Å². The molecule has 4 aromatic rings. The summed E-state index contributed by atoms with van der Waals surface area (Å²) in [6.45, 7) is 14.2. The average molecular weight is 473 g/mol. The fourth-order valence-corrected chi connectivity index (χ4v) is 7.33. The van der Waals surface area contributed by atoms with Gasteiger partial charge in [-0.3, -0.25) is 0 Å². The lowest BCUT2D eigenvalue weighted by Gasteiger charge is -2.40. The first kappa shape index (κ1) is 23.5. The fraction of sp³-hybridized carbons (Fsp3) is 0.389. The van der Waals surface area contributed by atoms with Crippen LogP contribution in [-0.2, 0) is 12.8 Å². The predicted octanol–water partition coefficient (Wildman–Crippen LogP) is 9.96. The van der Waals surface area contributed by atoms with E-state index in [-0.39, 0.29) is 0 Å². The van der Waals surface area contributed by atoms with E-state index in [1.807, 2.05) is 0 Å². The topological polar surface area (TPSA) is 0 Å². The maximum atomic E-state index is 2.45. The molecule has 0 fully saturated rings. The lowest BCUT2D eigenvalue weighted by Crippen LogP contribution is -2.25. The van der Waals surface area contributed by atoms with E-state index in [9.17, 15) is 0 Å². The van der Waals surface area contributed by atoms with Gasteiger partial charge in [0, 0.05) is 0 Å². The maximum absolute atomic E-state index is 2.45. The van der Waals surface area contributed by atoms with Crippen molar-refractivity contribution in [3.05, 3.63) is 94.0 Å². The first-order valence-corrected chi connectivity index (χ1v) is 14.1. The second-order valence-electron chi connectivity index (χ2n) is 12.3. The number of hydrogen-bond acceptors (Lipinski definition) is 0. The molecular formula is C36H40. The Bertz CT molecular complexity index is 1400. The van der Waals surface area contributed by atoms with Crippen molar-refractivity contribution in [3.8, 4) is 0 Å². The number of aryl methyl sites for hydroxylation is 4. The third-order valence-electron chi connectivity index (χ3n) is 9.15. The number of fused-ring (bicyclic) bond motifs is 6. The third kappa shape index (κ3) is 3.73. The SMILES string of the molecule is Cc1ccc2c3c(ccc2c1)CC[C@H](C(C)C)/C3=C1\c2c(ccc3cc(C)ccc23)CC[C@@H]1C(C)C. The molecule has 0 spiro atoms. The van der Waals surface area contributed by atoms with Crippen LogP contribution in [0.5, 0.6) is 0 Å². The van der Waals surface area contributed by atoms with Gasteiger partial charge < -0.3 is 0 Å². The highest BCUT2D eigenvalue weighted by atomic mass is 14.4. The molecule has 0 amide bonds. The maximum Gasteiger partial charge on any atom is -0.0105 e. The Morgan fingerprint density at radius 3 is 1.36 bits per heavy atom. The summed E-state index contributed by atoms with van der Waals surface area (Å²) in [5, 5.41) is 5.69. The summed E-state index contributed by atoms with van der Waals surface area (Å²) in [6.07, 6.45) is 4.88. The van der Waals surface area contributed by atoms with Gasteiger partial charge in [0.25, 0.3) is 0 Å². The van der Waals surface area contributed by atoms with Crippen molar-refractivity contribution < 1.29 is 0 Å². The van der Waals surface area contributed by atoms with Crippen molar-refractivity contribution in [1.29, 1.82) is 0 Å². The van der Waals surface area contributed by atoms with Gasteiger partial charge in [-0.15, -0.1) is 0 Å². The van der Waals surface area contributed by atoms with E-state index in [4.69, 9.17) is 0 Å². The highest BCUT2D eigenvalue weighted by Gasteiger charge is 2.36. The Morgan fingerprint density at radius 1 is 0.556 bits per heavy atom. The molecule has 0 bridgehead atoms. The summed E-state index contributed by atoms with van der Waals surface area (Å²) in [5.74, 6) is 2.42. The number of allylic oxidation sites excluding steroid dienone is 2. The van der Waals surface area contributed by atoms with Gasteiger partial charge in [-0.25, -0.2) is 0 Å². The Hall–Kier alpha value is -2.86. The van der Waals surface area contributed by atoms with E-state index in [0.717, 1.165) is 0 Å². The van der Waals surface area contributed by atoms with E-state index in [1.165, 1.54) is 58.4 Å². The molecular weight excluding hydrogens is 432 g/mol. The van der Waals surface area contributed by atoms with Crippen LogP contribution in [0, 0.1) is 37.5 Å². The smallest absolute Gasteiger partial charge is 0.0105 e. The van der Waals surface area contributed by atoms with Crippen LogP contribution < -0.4 is 0 Å². The van der Waals surface area contributed by atoms with Crippen molar-refractivity contribution in [2.45, 2.75) is 67.2 Å². The summed E-state index contributed by atoms with van der Waals surface area (Å²) in [7, 11) is 0. The van der Waals surface area contributed by atoms with Crippen LogP contribution in [0.25, 0.3) is 32.7 Å². The van der Waals surface area contributed by atoms with Crippen molar-refractivity contribution >= 4 is 32.7 Å². The van der Waals surface area contributed by atoms with Crippen molar-refractivity contribution in [1.82, 2.24) is 0 Å². The molecule has 184 valence electrons. The van der Waals surface area contributed by atoms with E-state index in [2.05, 4.69) is 102 Å².